The van der Waals surface area contributed by atoms with Gasteiger partial charge in [-0.15, -0.1) is 0 Å². The van der Waals surface area contributed by atoms with Gasteiger partial charge in [-0.25, -0.2) is 0 Å². The Hall–Kier alpha value is -1.87. The van der Waals surface area contributed by atoms with Gasteiger partial charge >= 0.3 is 0 Å². The second-order valence-corrected chi connectivity index (χ2v) is 4.05. The number of ether oxygens (including phenoxy) is 1. The molecular formula is C14H12O3. The van der Waals surface area contributed by atoms with E-state index in [1.165, 1.54) is 0 Å². The number of benzene rings is 1. The van der Waals surface area contributed by atoms with Gasteiger partial charge < -0.3 is 9.15 Å². The van der Waals surface area contributed by atoms with Crippen LogP contribution >= 0.6 is 0 Å². The third-order valence-electron chi connectivity index (χ3n) is 2.92. The molecule has 0 saturated carbocycles. The van der Waals surface area contributed by atoms with Crippen molar-refractivity contribution in [2.75, 3.05) is 6.61 Å². The second-order valence-electron chi connectivity index (χ2n) is 4.05. The molecule has 0 aliphatic carbocycles. The zero-order valence-electron chi connectivity index (χ0n) is 9.31. The van der Waals surface area contributed by atoms with Crippen molar-refractivity contribution in [1.29, 1.82) is 0 Å². The predicted octanol–water partition coefficient (Wildman–Crippen LogP) is 2.38. The summed E-state index contributed by atoms with van der Waals surface area (Å²) < 4.78 is 11.1. The average Bonchev–Trinajstić information content (AvgIpc) is 2.40. The van der Waals surface area contributed by atoms with Gasteiger partial charge in [0.05, 0.1) is 6.61 Å². The lowest BCUT2D eigenvalue weighted by atomic mass is 10.1. The van der Waals surface area contributed by atoms with Gasteiger partial charge in [-0.1, -0.05) is 30.3 Å². The van der Waals surface area contributed by atoms with Crippen molar-refractivity contribution in [3.05, 3.63) is 57.9 Å². The standard InChI is InChI=1S/C14H12O3/c15-12-8-13(10-4-2-1-3-5-10)17-14-9-16-7-6-11(12)14/h1-5,8H,6-7,9H2. The molecule has 0 amide bonds. The lowest BCUT2D eigenvalue weighted by molar-refractivity contribution is 0.0912. The van der Waals surface area contributed by atoms with Crippen LogP contribution < -0.4 is 5.43 Å². The first-order chi connectivity index (χ1) is 8.34. The van der Waals surface area contributed by atoms with Crippen molar-refractivity contribution >= 4 is 0 Å². The summed E-state index contributed by atoms with van der Waals surface area (Å²) in [6, 6.07) is 11.2. The number of fused-ring (bicyclic) bond motifs is 1. The van der Waals surface area contributed by atoms with Gasteiger partial charge in [0.2, 0.25) is 0 Å². The number of hydrogen-bond donors (Lipinski definition) is 0. The van der Waals surface area contributed by atoms with Gasteiger partial charge in [-0.2, -0.15) is 0 Å². The Morgan fingerprint density at radius 2 is 1.94 bits per heavy atom. The van der Waals surface area contributed by atoms with Crippen LogP contribution in [0.25, 0.3) is 11.3 Å². The summed E-state index contributed by atoms with van der Waals surface area (Å²) in [4.78, 5) is 11.9. The minimum atomic E-state index is 0.0494. The zero-order chi connectivity index (χ0) is 11.7. The van der Waals surface area contributed by atoms with Crippen LogP contribution in [-0.4, -0.2) is 6.61 Å². The third-order valence-corrected chi connectivity index (χ3v) is 2.92. The second kappa shape index (κ2) is 4.18. The lowest BCUT2D eigenvalue weighted by Gasteiger charge is -2.15. The number of rotatable bonds is 1. The van der Waals surface area contributed by atoms with Crippen LogP contribution in [0.4, 0.5) is 0 Å². The highest BCUT2D eigenvalue weighted by Crippen LogP contribution is 2.22. The highest BCUT2D eigenvalue weighted by atomic mass is 16.5. The Morgan fingerprint density at radius 1 is 1.12 bits per heavy atom. The fourth-order valence-electron chi connectivity index (χ4n) is 2.03. The Kier molecular flexibility index (Phi) is 2.53. The zero-order valence-corrected chi connectivity index (χ0v) is 9.31. The van der Waals surface area contributed by atoms with Crippen LogP contribution in [0.1, 0.15) is 11.3 Å². The van der Waals surface area contributed by atoms with Crippen LogP contribution in [-0.2, 0) is 17.8 Å². The van der Waals surface area contributed by atoms with Crippen molar-refractivity contribution < 1.29 is 9.15 Å². The van der Waals surface area contributed by atoms with Crippen molar-refractivity contribution in [3.8, 4) is 11.3 Å². The molecule has 1 aliphatic heterocycles. The van der Waals surface area contributed by atoms with E-state index in [1.807, 2.05) is 30.3 Å². The molecule has 2 heterocycles. The molecule has 86 valence electrons. The molecule has 0 radical (unpaired) electrons. The quantitative estimate of drug-likeness (QED) is 0.752. The van der Waals surface area contributed by atoms with Gasteiger partial charge in [0.1, 0.15) is 18.1 Å². The molecule has 3 heteroatoms. The fraction of sp³-hybridized carbons (Fsp3) is 0.214. The summed E-state index contributed by atoms with van der Waals surface area (Å²) in [5.41, 5.74) is 1.72. The first-order valence-electron chi connectivity index (χ1n) is 5.63. The summed E-state index contributed by atoms with van der Waals surface area (Å²) in [7, 11) is 0. The Labute approximate surface area is 98.7 Å². The van der Waals surface area contributed by atoms with Crippen LogP contribution in [0.3, 0.4) is 0 Å². The highest BCUT2D eigenvalue weighted by Gasteiger charge is 2.16. The van der Waals surface area contributed by atoms with Gasteiger partial charge in [0.25, 0.3) is 0 Å². The summed E-state index contributed by atoms with van der Waals surface area (Å²) in [5.74, 6) is 1.28. The Morgan fingerprint density at radius 3 is 2.76 bits per heavy atom. The maximum Gasteiger partial charge on any atom is 0.189 e. The van der Waals surface area contributed by atoms with E-state index in [0.717, 1.165) is 11.1 Å². The lowest BCUT2D eigenvalue weighted by Crippen LogP contribution is -2.19. The van der Waals surface area contributed by atoms with Crippen molar-refractivity contribution in [2.24, 2.45) is 0 Å². The van der Waals surface area contributed by atoms with Gasteiger partial charge in [0.15, 0.2) is 5.43 Å². The van der Waals surface area contributed by atoms with Gasteiger partial charge in [-0.3, -0.25) is 4.79 Å². The molecule has 0 saturated heterocycles. The van der Waals surface area contributed by atoms with Crippen LogP contribution in [0.2, 0.25) is 0 Å². The van der Waals surface area contributed by atoms with E-state index in [-0.39, 0.29) is 5.43 Å². The smallest absolute Gasteiger partial charge is 0.189 e. The SMILES string of the molecule is O=c1cc(-c2ccccc2)oc2c1CCOC2. The molecule has 0 fully saturated rings. The molecule has 17 heavy (non-hydrogen) atoms. The molecule has 0 bridgehead atoms. The summed E-state index contributed by atoms with van der Waals surface area (Å²) in [6.07, 6.45) is 0.646. The van der Waals surface area contributed by atoms with Crippen molar-refractivity contribution in [1.82, 2.24) is 0 Å². The summed E-state index contributed by atoms with van der Waals surface area (Å²) >= 11 is 0. The molecule has 1 aromatic carbocycles. The van der Waals surface area contributed by atoms with Crippen molar-refractivity contribution in [2.45, 2.75) is 13.0 Å². The van der Waals surface area contributed by atoms with E-state index in [0.29, 0.717) is 31.2 Å². The normalized spacial score (nSPS) is 14.4. The Balaban J connectivity index is 2.14. The molecule has 3 nitrogen and oxygen atoms in total. The first kappa shape index (κ1) is 10.3. The van der Waals surface area contributed by atoms with Crippen LogP contribution in [0.15, 0.2) is 45.6 Å². The molecule has 0 N–H and O–H groups in total. The molecule has 1 aliphatic rings. The van der Waals surface area contributed by atoms with Gasteiger partial charge in [-0.05, 0) is 0 Å². The third kappa shape index (κ3) is 1.89. The molecule has 1 aromatic heterocycles. The van der Waals surface area contributed by atoms with Crippen molar-refractivity contribution in [3.63, 3.8) is 0 Å². The molecule has 0 spiro atoms. The highest BCUT2D eigenvalue weighted by molar-refractivity contribution is 5.57. The molecule has 0 unspecified atom stereocenters. The van der Waals surface area contributed by atoms with E-state index >= 15 is 0 Å². The summed E-state index contributed by atoms with van der Waals surface area (Å²) in [5, 5.41) is 0. The monoisotopic (exact) mass is 228 g/mol. The first-order valence-corrected chi connectivity index (χ1v) is 5.63. The minimum absolute atomic E-state index is 0.0494. The van der Waals surface area contributed by atoms with Crippen LogP contribution in [0.5, 0.6) is 0 Å². The fourth-order valence-corrected chi connectivity index (χ4v) is 2.03. The molecular weight excluding hydrogens is 216 g/mol. The molecule has 3 rings (SSSR count). The maximum atomic E-state index is 11.9. The average molecular weight is 228 g/mol. The van der Waals surface area contributed by atoms with E-state index in [1.54, 1.807) is 6.07 Å². The minimum Gasteiger partial charge on any atom is -0.458 e. The molecule has 2 aromatic rings. The van der Waals surface area contributed by atoms with E-state index in [9.17, 15) is 4.79 Å². The van der Waals surface area contributed by atoms with E-state index in [4.69, 9.17) is 9.15 Å². The predicted molar refractivity (Wildman–Crippen MR) is 63.8 cm³/mol. The Bertz CT molecular complexity index is 584. The van der Waals surface area contributed by atoms with Crippen LogP contribution in [0, 0.1) is 0 Å². The topological polar surface area (TPSA) is 39.4 Å². The molecule has 0 atom stereocenters. The number of hydrogen-bond acceptors (Lipinski definition) is 3. The van der Waals surface area contributed by atoms with E-state index in [2.05, 4.69) is 0 Å². The summed E-state index contributed by atoms with van der Waals surface area (Å²) in [6.45, 7) is 0.994. The van der Waals surface area contributed by atoms with Gasteiger partial charge in [0, 0.05) is 23.6 Å². The largest absolute Gasteiger partial charge is 0.458 e. The maximum absolute atomic E-state index is 11.9. The van der Waals surface area contributed by atoms with E-state index < -0.39 is 0 Å².